The summed E-state index contributed by atoms with van der Waals surface area (Å²) < 4.78 is 1.12. The summed E-state index contributed by atoms with van der Waals surface area (Å²) in [7, 11) is 0. The highest BCUT2D eigenvalue weighted by atomic mass is 32.1. The van der Waals surface area contributed by atoms with Crippen molar-refractivity contribution in [2.24, 2.45) is 0 Å². The molecule has 4 N–H and O–H groups in total. The summed E-state index contributed by atoms with van der Waals surface area (Å²) in [6.07, 6.45) is 3.68. The van der Waals surface area contributed by atoms with Gasteiger partial charge in [-0.1, -0.05) is 0 Å². The van der Waals surface area contributed by atoms with Crippen LogP contribution in [0.2, 0.25) is 0 Å². The molecular formula is C13H15N5S. The lowest BCUT2D eigenvalue weighted by Gasteiger charge is -2.15. The number of hydrogen-bond acceptors (Lipinski definition) is 5. The quantitative estimate of drug-likeness (QED) is 0.641. The number of thiazole rings is 1. The number of hydrogen-bond donors (Lipinski definition) is 3. The second-order valence-corrected chi connectivity index (χ2v) is 5.77. The minimum absolute atomic E-state index is 0.137. The molecule has 0 aliphatic heterocycles. The molecule has 19 heavy (non-hydrogen) atoms. The maximum Gasteiger partial charge on any atom is 0.0907 e. The van der Waals surface area contributed by atoms with Gasteiger partial charge in [0.25, 0.3) is 0 Å². The fourth-order valence-corrected chi connectivity index (χ4v) is 2.90. The van der Waals surface area contributed by atoms with Gasteiger partial charge in [0.15, 0.2) is 0 Å². The van der Waals surface area contributed by atoms with Gasteiger partial charge in [-0.25, -0.2) is 4.98 Å². The van der Waals surface area contributed by atoms with Crippen molar-refractivity contribution in [1.29, 1.82) is 0 Å². The molecule has 0 saturated heterocycles. The molecule has 0 fully saturated rings. The van der Waals surface area contributed by atoms with Crippen LogP contribution in [0.25, 0.3) is 10.2 Å². The van der Waals surface area contributed by atoms with Gasteiger partial charge in [-0.2, -0.15) is 5.10 Å². The summed E-state index contributed by atoms with van der Waals surface area (Å²) in [4.78, 5) is 4.49. The Morgan fingerprint density at radius 2 is 2.26 bits per heavy atom. The van der Waals surface area contributed by atoms with E-state index < -0.39 is 0 Å². The average molecular weight is 273 g/mol. The van der Waals surface area contributed by atoms with Crippen LogP contribution >= 0.6 is 11.3 Å². The standard InChI is InChI=1S/C13H15N5S/c1-7(9-5-15-16-6-9)17-11-4-12-13(3-10(11)14)19-8(2)18-12/h3-7,17H,14H2,1-2H3,(H,15,16). The Labute approximate surface area is 114 Å². The van der Waals surface area contributed by atoms with Gasteiger partial charge in [0, 0.05) is 11.8 Å². The maximum atomic E-state index is 6.09. The van der Waals surface area contributed by atoms with E-state index in [1.54, 1.807) is 17.5 Å². The first-order valence-electron chi connectivity index (χ1n) is 6.05. The molecule has 1 aromatic carbocycles. The van der Waals surface area contributed by atoms with E-state index in [2.05, 4.69) is 27.4 Å². The number of benzene rings is 1. The van der Waals surface area contributed by atoms with Crippen LogP contribution < -0.4 is 11.1 Å². The molecule has 2 aromatic heterocycles. The van der Waals surface area contributed by atoms with Gasteiger partial charge in [0.1, 0.15) is 0 Å². The number of rotatable bonds is 3. The SMILES string of the molecule is Cc1nc2cc(NC(C)c3cn[nH]c3)c(N)cc2s1. The molecule has 0 spiro atoms. The molecule has 98 valence electrons. The molecule has 1 unspecified atom stereocenters. The number of nitrogens with zero attached hydrogens (tertiary/aromatic N) is 2. The summed E-state index contributed by atoms with van der Waals surface area (Å²) in [6.45, 7) is 4.07. The van der Waals surface area contributed by atoms with Crippen molar-refractivity contribution in [3.8, 4) is 0 Å². The largest absolute Gasteiger partial charge is 0.397 e. The molecular weight excluding hydrogens is 258 g/mol. The van der Waals surface area contributed by atoms with Crippen molar-refractivity contribution in [3.05, 3.63) is 35.1 Å². The lowest BCUT2D eigenvalue weighted by molar-refractivity contribution is 0.887. The molecule has 0 aliphatic rings. The van der Waals surface area contributed by atoms with Crippen LogP contribution in [0.3, 0.4) is 0 Å². The van der Waals surface area contributed by atoms with Gasteiger partial charge in [-0.15, -0.1) is 11.3 Å². The monoisotopic (exact) mass is 273 g/mol. The van der Waals surface area contributed by atoms with E-state index in [0.717, 1.165) is 32.2 Å². The summed E-state index contributed by atoms with van der Waals surface area (Å²) in [5, 5.41) is 11.2. The topological polar surface area (TPSA) is 79.6 Å². The molecule has 3 rings (SSSR count). The molecule has 5 nitrogen and oxygen atoms in total. The zero-order chi connectivity index (χ0) is 13.4. The van der Waals surface area contributed by atoms with Crippen LogP contribution in [0.15, 0.2) is 24.5 Å². The van der Waals surface area contributed by atoms with E-state index in [9.17, 15) is 0 Å². The lowest BCUT2D eigenvalue weighted by Crippen LogP contribution is -2.07. The van der Waals surface area contributed by atoms with Crippen molar-refractivity contribution in [2.45, 2.75) is 19.9 Å². The van der Waals surface area contributed by atoms with Crippen LogP contribution in [-0.4, -0.2) is 15.2 Å². The minimum atomic E-state index is 0.137. The number of fused-ring (bicyclic) bond motifs is 1. The molecule has 0 amide bonds. The normalized spacial score (nSPS) is 12.7. The zero-order valence-electron chi connectivity index (χ0n) is 10.8. The third-order valence-corrected chi connectivity index (χ3v) is 3.99. The summed E-state index contributed by atoms with van der Waals surface area (Å²) in [5.74, 6) is 0. The zero-order valence-corrected chi connectivity index (χ0v) is 11.6. The molecule has 6 heteroatoms. The second-order valence-electron chi connectivity index (χ2n) is 4.54. The number of nitrogens with one attached hydrogen (secondary N) is 2. The first-order chi connectivity index (χ1) is 9.13. The smallest absolute Gasteiger partial charge is 0.0907 e. The lowest BCUT2D eigenvalue weighted by atomic mass is 10.1. The Morgan fingerprint density at radius 3 is 3.00 bits per heavy atom. The third-order valence-electron chi connectivity index (χ3n) is 3.06. The molecule has 3 aromatic rings. The van der Waals surface area contributed by atoms with Crippen LogP contribution in [-0.2, 0) is 0 Å². The molecule has 0 radical (unpaired) electrons. The van der Waals surface area contributed by atoms with Crippen molar-refractivity contribution < 1.29 is 0 Å². The fraction of sp³-hybridized carbons (Fsp3) is 0.231. The second kappa shape index (κ2) is 4.55. The molecule has 0 aliphatic carbocycles. The van der Waals surface area contributed by atoms with E-state index in [1.165, 1.54) is 0 Å². The van der Waals surface area contributed by atoms with Gasteiger partial charge in [0.05, 0.1) is 38.8 Å². The Kier molecular flexibility index (Phi) is 2.87. The summed E-state index contributed by atoms with van der Waals surface area (Å²) in [6, 6.07) is 4.12. The predicted octanol–water partition coefficient (Wildman–Crippen LogP) is 3.08. The van der Waals surface area contributed by atoms with Crippen molar-refractivity contribution in [1.82, 2.24) is 15.2 Å². The minimum Gasteiger partial charge on any atom is -0.397 e. The molecule has 1 atom stereocenters. The van der Waals surface area contributed by atoms with Crippen molar-refractivity contribution in [2.75, 3.05) is 11.1 Å². The van der Waals surface area contributed by atoms with Crippen LogP contribution in [0.4, 0.5) is 11.4 Å². The van der Waals surface area contributed by atoms with Crippen molar-refractivity contribution in [3.63, 3.8) is 0 Å². The van der Waals surface area contributed by atoms with E-state index in [-0.39, 0.29) is 6.04 Å². The van der Waals surface area contributed by atoms with Gasteiger partial charge < -0.3 is 11.1 Å². The Morgan fingerprint density at radius 1 is 1.42 bits per heavy atom. The first kappa shape index (κ1) is 12.0. The summed E-state index contributed by atoms with van der Waals surface area (Å²) in [5.41, 5.74) is 9.82. The number of nitrogens with two attached hydrogens (primary N) is 1. The van der Waals surface area contributed by atoms with E-state index in [0.29, 0.717) is 0 Å². The number of nitrogen functional groups attached to an aromatic ring is 1. The average Bonchev–Trinajstić information content (AvgIpc) is 2.97. The van der Waals surface area contributed by atoms with E-state index in [1.807, 2.05) is 25.3 Å². The van der Waals surface area contributed by atoms with E-state index >= 15 is 0 Å². The number of aromatic nitrogens is 3. The highest BCUT2D eigenvalue weighted by molar-refractivity contribution is 7.18. The molecule has 0 saturated carbocycles. The van der Waals surface area contributed by atoms with Crippen LogP contribution in [0.5, 0.6) is 0 Å². The van der Waals surface area contributed by atoms with E-state index in [4.69, 9.17) is 5.73 Å². The number of aromatic amines is 1. The fourth-order valence-electron chi connectivity index (χ4n) is 2.04. The number of anilines is 2. The van der Waals surface area contributed by atoms with Crippen LogP contribution in [0, 0.1) is 6.92 Å². The van der Waals surface area contributed by atoms with Gasteiger partial charge in [-0.3, -0.25) is 5.10 Å². The van der Waals surface area contributed by atoms with Gasteiger partial charge in [-0.05, 0) is 26.0 Å². The number of H-pyrrole nitrogens is 1. The molecule has 0 bridgehead atoms. The Hall–Kier alpha value is -2.08. The van der Waals surface area contributed by atoms with Gasteiger partial charge in [0.2, 0.25) is 0 Å². The first-order valence-corrected chi connectivity index (χ1v) is 6.87. The highest BCUT2D eigenvalue weighted by Crippen LogP contribution is 2.31. The Balaban J connectivity index is 1.94. The van der Waals surface area contributed by atoms with Crippen molar-refractivity contribution >= 4 is 32.9 Å². The number of aryl methyl sites for hydroxylation is 1. The predicted molar refractivity (Wildman–Crippen MR) is 79.4 cm³/mol. The maximum absolute atomic E-state index is 6.09. The Bertz CT molecular complexity index is 701. The van der Waals surface area contributed by atoms with Crippen LogP contribution in [0.1, 0.15) is 23.5 Å². The molecule has 2 heterocycles. The van der Waals surface area contributed by atoms with Gasteiger partial charge >= 0.3 is 0 Å². The third kappa shape index (κ3) is 2.26. The highest BCUT2D eigenvalue weighted by Gasteiger charge is 2.10. The summed E-state index contributed by atoms with van der Waals surface area (Å²) >= 11 is 1.66.